The number of aliphatic hydroxyl groups is 1. The Morgan fingerprint density at radius 2 is 1.79 bits per heavy atom. The van der Waals surface area contributed by atoms with E-state index in [4.69, 9.17) is 4.74 Å². The molecule has 0 fully saturated rings. The van der Waals surface area contributed by atoms with Gasteiger partial charge in [0.25, 0.3) is 0 Å². The van der Waals surface area contributed by atoms with Crippen molar-refractivity contribution in [3.8, 4) is 5.75 Å². The Hall–Kier alpha value is -2.53. The molecule has 24 heavy (non-hydrogen) atoms. The van der Waals surface area contributed by atoms with Gasteiger partial charge in [0, 0.05) is 13.1 Å². The molecular weight excluding hydrogens is 304 g/mol. The first-order valence-corrected chi connectivity index (χ1v) is 8.07. The molecule has 128 valence electrons. The number of ether oxygens (including phenoxy) is 1. The Kier molecular flexibility index (Phi) is 7.11. The Morgan fingerprint density at radius 1 is 1.08 bits per heavy atom. The molecule has 0 radical (unpaired) electrons. The molecule has 2 aromatic carbocycles. The normalized spacial score (nSPS) is 11.6. The highest BCUT2D eigenvalue weighted by Gasteiger charge is 2.08. The number of rotatable bonds is 8. The highest BCUT2D eigenvalue weighted by molar-refractivity contribution is 5.73. The standard InChI is InChI=1S/C19H24N2O3/c1-15-7-5-6-10-18(15)24-14-17(22)13-21-19(23)20-12-11-16-8-3-2-4-9-16/h2-10,17,22H,11-14H2,1H3,(H2,20,21,23). The highest BCUT2D eigenvalue weighted by atomic mass is 16.5. The molecule has 0 saturated carbocycles. The molecule has 3 N–H and O–H groups in total. The van der Waals surface area contributed by atoms with Gasteiger partial charge in [0.05, 0.1) is 0 Å². The molecule has 0 aromatic heterocycles. The third-order valence-electron chi connectivity index (χ3n) is 3.57. The molecule has 2 aromatic rings. The van der Waals surface area contributed by atoms with Crippen molar-refractivity contribution in [2.45, 2.75) is 19.4 Å². The van der Waals surface area contributed by atoms with Crippen molar-refractivity contribution in [2.75, 3.05) is 19.7 Å². The second-order valence-corrected chi connectivity index (χ2v) is 5.60. The van der Waals surface area contributed by atoms with Crippen LogP contribution in [0, 0.1) is 6.92 Å². The maximum atomic E-state index is 11.7. The predicted molar refractivity (Wildman–Crippen MR) is 94.2 cm³/mol. The van der Waals surface area contributed by atoms with Crippen LogP contribution in [-0.2, 0) is 6.42 Å². The predicted octanol–water partition coefficient (Wildman–Crippen LogP) is 2.28. The van der Waals surface area contributed by atoms with Gasteiger partial charge in [-0.15, -0.1) is 0 Å². The van der Waals surface area contributed by atoms with Crippen LogP contribution in [0.5, 0.6) is 5.75 Å². The maximum absolute atomic E-state index is 11.7. The summed E-state index contributed by atoms with van der Waals surface area (Å²) in [7, 11) is 0. The Labute approximate surface area is 142 Å². The molecule has 2 amide bonds. The van der Waals surface area contributed by atoms with Crippen LogP contribution in [0.2, 0.25) is 0 Å². The molecule has 0 aliphatic rings. The number of hydrogen-bond donors (Lipinski definition) is 3. The van der Waals surface area contributed by atoms with Crippen molar-refractivity contribution in [2.24, 2.45) is 0 Å². The molecule has 0 spiro atoms. The third-order valence-corrected chi connectivity index (χ3v) is 3.57. The maximum Gasteiger partial charge on any atom is 0.314 e. The van der Waals surface area contributed by atoms with Gasteiger partial charge < -0.3 is 20.5 Å². The number of amides is 2. The minimum Gasteiger partial charge on any atom is -0.491 e. The van der Waals surface area contributed by atoms with Crippen LogP contribution >= 0.6 is 0 Å². The van der Waals surface area contributed by atoms with Gasteiger partial charge in [-0.25, -0.2) is 4.79 Å². The van der Waals surface area contributed by atoms with E-state index < -0.39 is 6.10 Å². The van der Waals surface area contributed by atoms with E-state index in [-0.39, 0.29) is 19.2 Å². The number of benzene rings is 2. The molecular formula is C19H24N2O3. The van der Waals surface area contributed by atoms with Crippen molar-refractivity contribution >= 4 is 6.03 Å². The molecule has 0 aliphatic heterocycles. The first-order valence-electron chi connectivity index (χ1n) is 8.07. The average Bonchev–Trinajstić information content (AvgIpc) is 2.60. The number of carbonyl (C=O) groups excluding carboxylic acids is 1. The van der Waals surface area contributed by atoms with E-state index in [1.54, 1.807) is 0 Å². The number of aliphatic hydroxyl groups excluding tert-OH is 1. The van der Waals surface area contributed by atoms with Gasteiger partial charge in [-0.05, 0) is 30.5 Å². The fraction of sp³-hybridized carbons (Fsp3) is 0.316. The van der Waals surface area contributed by atoms with Gasteiger partial charge >= 0.3 is 6.03 Å². The Bertz CT molecular complexity index is 632. The van der Waals surface area contributed by atoms with E-state index >= 15 is 0 Å². The molecule has 0 heterocycles. The minimum atomic E-state index is -0.760. The van der Waals surface area contributed by atoms with Gasteiger partial charge in [0.2, 0.25) is 0 Å². The summed E-state index contributed by atoms with van der Waals surface area (Å²) in [4.78, 5) is 11.7. The smallest absolute Gasteiger partial charge is 0.314 e. The zero-order valence-corrected chi connectivity index (χ0v) is 13.9. The lowest BCUT2D eigenvalue weighted by molar-refractivity contribution is 0.107. The first kappa shape index (κ1) is 17.8. The SMILES string of the molecule is Cc1ccccc1OCC(O)CNC(=O)NCCc1ccccc1. The second kappa shape index (κ2) is 9.57. The first-order chi connectivity index (χ1) is 11.6. The van der Waals surface area contributed by atoms with E-state index in [0.29, 0.717) is 6.54 Å². The van der Waals surface area contributed by atoms with Crippen LogP contribution in [-0.4, -0.2) is 36.9 Å². The third kappa shape index (κ3) is 6.30. The molecule has 5 heteroatoms. The van der Waals surface area contributed by atoms with Crippen LogP contribution < -0.4 is 15.4 Å². The lowest BCUT2D eigenvalue weighted by Crippen LogP contribution is -2.41. The van der Waals surface area contributed by atoms with Gasteiger partial charge in [-0.3, -0.25) is 0 Å². The molecule has 1 unspecified atom stereocenters. The van der Waals surface area contributed by atoms with Gasteiger partial charge in [-0.1, -0.05) is 48.5 Å². The zero-order valence-electron chi connectivity index (χ0n) is 13.9. The number of para-hydroxylation sites is 1. The second-order valence-electron chi connectivity index (χ2n) is 5.60. The fourth-order valence-corrected chi connectivity index (χ4v) is 2.20. The summed E-state index contributed by atoms with van der Waals surface area (Å²) in [6, 6.07) is 17.3. The molecule has 5 nitrogen and oxygen atoms in total. The summed E-state index contributed by atoms with van der Waals surface area (Å²) in [6.45, 7) is 2.77. The average molecular weight is 328 g/mol. The Balaban J connectivity index is 1.60. The van der Waals surface area contributed by atoms with Crippen molar-refractivity contribution in [3.63, 3.8) is 0 Å². The largest absolute Gasteiger partial charge is 0.491 e. The van der Waals surface area contributed by atoms with Crippen molar-refractivity contribution in [1.29, 1.82) is 0 Å². The lowest BCUT2D eigenvalue weighted by atomic mass is 10.1. The molecule has 1 atom stereocenters. The Morgan fingerprint density at radius 3 is 2.54 bits per heavy atom. The van der Waals surface area contributed by atoms with Gasteiger partial charge in [0.1, 0.15) is 18.5 Å². The van der Waals surface area contributed by atoms with Crippen LogP contribution in [0.15, 0.2) is 54.6 Å². The number of hydrogen-bond acceptors (Lipinski definition) is 3. The minimum absolute atomic E-state index is 0.134. The van der Waals surface area contributed by atoms with E-state index in [9.17, 15) is 9.90 Å². The highest BCUT2D eigenvalue weighted by Crippen LogP contribution is 2.16. The molecule has 2 rings (SSSR count). The van der Waals surface area contributed by atoms with Crippen LogP contribution in [0.1, 0.15) is 11.1 Å². The molecule has 0 bridgehead atoms. The van der Waals surface area contributed by atoms with Crippen molar-refractivity contribution < 1.29 is 14.6 Å². The van der Waals surface area contributed by atoms with E-state index in [0.717, 1.165) is 17.7 Å². The molecule has 0 saturated heterocycles. The van der Waals surface area contributed by atoms with Gasteiger partial charge in [-0.2, -0.15) is 0 Å². The fourth-order valence-electron chi connectivity index (χ4n) is 2.20. The molecule has 0 aliphatic carbocycles. The summed E-state index contributed by atoms with van der Waals surface area (Å²) < 4.78 is 5.55. The van der Waals surface area contributed by atoms with Gasteiger partial charge in [0.15, 0.2) is 0 Å². The number of carbonyl (C=O) groups is 1. The van der Waals surface area contributed by atoms with E-state index in [1.807, 2.05) is 61.5 Å². The van der Waals surface area contributed by atoms with Crippen LogP contribution in [0.4, 0.5) is 4.79 Å². The van der Waals surface area contributed by atoms with Crippen LogP contribution in [0.25, 0.3) is 0 Å². The van der Waals surface area contributed by atoms with E-state index in [1.165, 1.54) is 5.56 Å². The number of nitrogens with one attached hydrogen (secondary N) is 2. The zero-order chi connectivity index (χ0) is 17.2. The summed E-state index contributed by atoms with van der Waals surface area (Å²) in [5, 5.41) is 15.3. The van der Waals surface area contributed by atoms with Crippen LogP contribution in [0.3, 0.4) is 0 Å². The van der Waals surface area contributed by atoms with E-state index in [2.05, 4.69) is 10.6 Å². The number of urea groups is 1. The summed E-state index contributed by atoms with van der Waals surface area (Å²) in [6.07, 6.45) is 0.0113. The quantitative estimate of drug-likeness (QED) is 0.696. The lowest BCUT2D eigenvalue weighted by Gasteiger charge is -2.15. The summed E-state index contributed by atoms with van der Waals surface area (Å²) in [5.41, 5.74) is 2.18. The summed E-state index contributed by atoms with van der Waals surface area (Å²) in [5.74, 6) is 0.740. The number of aryl methyl sites for hydroxylation is 1. The summed E-state index contributed by atoms with van der Waals surface area (Å²) >= 11 is 0. The topological polar surface area (TPSA) is 70.6 Å². The van der Waals surface area contributed by atoms with Crippen molar-refractivity contribution in [1.82, 2.24) is 10.6 Å². The van der Waals surface area contributed by atoms with Crippen molar-refractivity contribution in [3.05, 3.63) is 65.7 Å². The monoisotopic (exact) mass is 328 g/mol.